The molecule has 0 aliphatic heterocycles. The van der Waals surface area contributed by atoms with Gasteiger partial charge in [-0.15, -0.1) is 0 Å². The molecule has 0 amide bonds. The van der Waals surface area contributed by atoms with Gasteiger partial charge in [-0.05, 0) is 85.8 Å². The zero-order valence-electron chi connectivity index (χ0n) is 25.8. The monoisotopic (exact) mass is 659 g/mol. The predicted octanol–water partition coefficient (Wildman–Crippen LogP) is 8.91. The van der Waals surface area contributed by atoms with Crippen molar-refractivity contribution in [3.05, 3.63) is 95.1 Å². The van der Waals surface area contributed by atoms with E-state index in [1.165, 1.54) is 12.1 Å². The second-order valence-corrected chi connectivity index (χ2v) is 19.6. The summed E-state index contributed by atoms with van der Waals surface area (Å²) in [7, 11) is -4.41. The summed E-state index contributed by atoms with van der Waals surface area (Å²) < 4.78 is 107. The van der Waals surface area contributed by atoms with Crippen molar-refractivity contribution in [3.63, 3.8) is 0 Å². The molecule has 3 aromatic carbocycles. The number of halogens is 6. The lowest BCUT2D eigenvalue weighted by Crippen LogP contribution is -2.44. The highest BCUT2D eigenvalue weighted by Gasteiger charge is 2.46. The van der Waals surface area contributed by atoms with Gasteiger partial charge < -0.3 is 9.16 Å². The molecule has 44 heavy (non-hydrogen) atoms. The molecule has 0 aliphatic rings. The Bertz CT molecular complexity index is 1480. The fourth-order valence-corrected chi connectivity index (χ4v) is 6.20. The first kappa shape index (κ1) is 35.6. The molecule has 0 fully saturated rings. The van der Waals surface area contributed by atoms with E-state index in [2.05, 4.69) is 4.74 Å². The highest BCUT2D eigenvalue weighted by molar-refractivity contribution is 7.84. The largest absolute Gasteiger partial charge is 0.542 e. The number of hydrogen-bond acceptors (Lipinski definition) is 3. The highest BCUT2D eigenvalue weighted by Crippen LogP contribution is 2.46. The van der Waals surface area contributed by atoms with Crippen LogP contribution in [-0.4, -0.2) is 29.8 Å². The molecule has 2 atom stereocenters. The Hall–Kier alpha value is -2.83. The molecular weight excluding hydrogens is 620 g/mol. The van der Waals surface area contributed by atoms with E-state index in [-0.39, 0.29) is 34.8 Å². The van der Waals surface area contributed by atoms with E-state index in [0.29, 0.717) is 11.6 Å². The molecule has 0 aromatic heterocycles. The second-order valence-electron chi connectivity index (χ2n) is 13.1. The minimum absolute atomic E-state index is 0.00968. The summed E-state index contributed by atoms with van der Waals surface area (Å²) in [6.45, 7) is 13.2. The standard InChI is InChI=1S/C32H39F6NO3SSi/c1-29(2,3)44(6,7)42-27-14-13-22(17-26(27)34)31(20-30(4,5)43(39)40,19-21-11-9-8-10-12-21)23-15-24(33)18-25(16-23)41-32(37,38)28(35)36/h8-18,28H,19-20,39H2,1-7H3/t31-,43?/m1/s1. The third-order valence-corrected chi connectivity index (χ3v) is 13.8. The first-order chi connectivity index (χ1) is 20.1. The zero-order valence-corrected chi connectivity index (χ0v) is 27.6. The fourth-order valence-electron chi connectivity index (χ4n) is 4.79. The van der Waals surface area contributed by atoms with Gasteiger partial charge in [0.1, 0.15) is 17.3 Å². The van der Waals surface area contributed by atoms with Crippen LogP contribution in [0.25, 0.3) is 0 Å². The van der Waals surface area contributed by atoms with Gasteiger partial charge in [0.25, 0.3) is 8.32 Å². The van der Waals surface area contributed by atoms with E-state index >= 15 is 8.78 Å². The van der Waals surface area contributed by atoms with Crippen molar-refractivity contribution in [2.75, 3.05) is 0 Å². The number of ether oxygens (including phenoxy) is 1. The Labute approximate surface area is 258 Å². The van der Waals surface area contributed by atoms with Crippen LogP contribution >= 0.6 is 0 Å². The second kappa shape index (κ2) is 12.9. The van der Waals surface area contributed by atoms with E-state index in [4.69, 9.17) is 9.56 Å². The smallest absolute Gasteiger partial charge is 0.461 e. The topological polar surface area (TPSA) is 61.6 Å². The molecule has 0 bridgehead atoms. The molecule has 0 radical (unpaired) electrons. The minimum Gasteiger partial charge on any atom is -0.542 e. The maximum Gasteiger partial charge on any atom is 0.461 e. The van der Waals surface area contributed by atoms with Crippen LogP contribution in [-0.2, 0) is 22.8 Å². The van der Waals surface area contributed by atoms with Gasteiger partial charge in [-0.25, -0.2) is 13.0 Å². The molecule has 242 valence electrons. The van der Waals surface area contributed by atoms with E-state index < -0.39 is 59.4 Å². The van der Waals surface area contributed by atoms with Crippen LogP contribution in [0.4, 0.5) is 26.3 Å². The molecule has 3 rings (SSSR count). The first-order valence-electron chi connectivity index (χ1n) is 13.9. The first-order valence-corrected chi connectivity index (χ1v) is 18.1. The van der Waals surface area contributed by atoms with Crippen LogP contribution in [0.3, 0.4) is 0 Å². The lowest BCUT2D eigenvalue weighted by Gasteiger charge is -2.41. The van der Waals surface area contributed by atoms with Gasteiger partial charge in [-0.1, -0.05) is 57.2 Å². The van der Waals surface area contributed by atoms with Crippen molar-refractivity contribution in [2.45, 2.75) is 88.3 Å². The molecule has 2 N–H and O–H groups in total. The Balaban J connectivity index is 2.35. The van der Waals surface area contributed by atoms with Crippen molar-refractivity contribution in [1.29, 1.82) is 0 Å². The third-order valence-electron chi connectivity index (χ3n) is 8.21. The van der Waals surface area contributed by atoms with Gasteiger partial charge in [0, 0.05) is 11.5 Å². The van der Waals surface area contributed by atoms with Gasteiger partial charge >= 0.3 is 12.5 Å². The van der Waals surface area contributed by atoms with E-state index in [0.717, 1.165) is 12.1 Å². The average molecular weight is 660 g/mol. The van der Waals surface area contributed by atoms with Crippen LogP contribution in [0, 0.1) is 11.6 Å². The van der Waals surface area contributed by atoms with Crippen LogP contribution in [0.1, 0.15) is 57.7 Å². The third kappa shape index (κ3) is 8.05. The van der Waals surface area contributed by atoms with Crippen molar-refractivity contribution in [1.82, 2.24) is 0 Å². The van der Waals surface area contributed by atoms with Crippen molar-refractivity contribution in [2.24, 2.45) is 5.14 Å². The van der Waals surface area contributed by atoms with Crippen LogP contribution in [0.2, 0.25) is 18.1 Å². The molecule has 0 aliphatic carbocycles. The van der Waals surface area contributed by atoms with E-state index in [1.807, 2.05) is 33.9 Å². The average Bonchev–Trinajstić information content (AvgIpc) is 2.88. The van der Waals surface area contributed by atoms with Crippen molar-refractivity contribution >= 4 is 19.3 Å². The maximum atomic E-state index is 15.9. The lowest BCUT2D eigenvalue weighted by molar-refractivity contribution is -0.253. The molecular formula is C32H39F6NO3SSi. The van der Waals surface area contributed by atoms with Crippen LogP contribution in [0.15, 0.2) is 66.7 Å². The SMILES string of the molecule is CC(C)(C[C@@](Cc1ccccc1)(c1cc(F)cc(OC(F)(F)C(F)F)c1)c1ccc(O[Si](C)(C)C(C)(C)C)c(F)c1)S(N)=O. The molecule has 0 heterocycles. The Morgan fingerprint density at radius 3 is 2.02 bits per heavy atom. The number of alkyl halides is 4. The molecule has 0 saturated heterocycles. The minimum atomic E-state index is -4.90. The molecule has 4 nitrogen and oxygen atoms in total. The van der Waals surface area contributed by atoms with Crippen molar-refractivity contribution < 1.29 is 39.7 Å². The molecule has 0 spiro atoms. The summed E-state index contributed by atoms with van der Waals surface area (Å²) in [5, 5.41) is 5.64. The molecule has 1 unspecified atom stereocenters. The number of nitrogens with two attached hydrogens (primary N) is 1. The summed E-state index contributed by atoms with van der Waals surface area (Å²) in [6, 6.07) is 15.7. The Kier molecular flexibility index (Phi) is 10.4. The summed E-state index contributed by atoms with van der Waals surface area (Å²) in [5.41, 5.74) is -0.483. The lowest BCUT2D eigenvalue weighted by atomic mass is 9.66. The summed E-state index contributed by atoms with van der Waals surface area (Å²) in [6.07, 6.45) is -9.12. The van der Waals surface area contributed by atoms with Gasteiger partial charge in [-0.2, -0.15) is 17.6 Å². The van der Waals surface area contributed by atoms with Gasteiger partial charge in [0.05, 0.1) is 15.7 Å². The predicted molar refractivity (Wildman–Crippen MR) is 164 cm³/mol. The quantitative estimate of drug-likeness (QED) is 0.156. The molecule has 12 heteroatoms. The number of benzene rings is 3. The zero-order chi connectivity index (χ0) is 33.3. The van der Waals surface area contributed by atoms with Crippen molar-refractivity contribution in [3.8, 4) is 11.5 Å². The van der Waals surface area contributed by atoms with Gasteiger partial charge in [0.2, 0.25) is 0 Å². The van der Waals surface area contributed by atoms with E-state index in [1.54, 1.807) is 50.2 Å². The maximum absolute atomic E-state index is 15.9. The fraction of sp³-hybridized carbons (Fsp3) is 0.438. The highest BCUT2D eigenvalue weighted by atomic mass is 32.2. The molecule has 0 saturated carbocycles. The van der Waals surface area contributed by atoms with E-state index in [9.17, 15) is 21.8 Å². The summed E-state index contributed by atoms with van der Waals surface area (Å²) in [5.74, 6) is -2.61. The van der Waals surface area contributed by atoms with Crippen LogP contribution in [0.5, 0.6) is 11.5 Å². The van der Waals surface area contributed by atoms with Crippen LogP contribution < -0.4 is 14.3 Å². The summed E-state index contributed by atoms with van der Waals surface area (Å²) in [4.78, 5) is 0. The molecule has 3 aromatic rings. The summed E-state index contributed by atoms with van der Waals surface area (Å²) >= 11 is 0. The van der Waals surface area contributed by atoms with Gasteiger partial charge in [-0.3, -0.25) is 5.14 Å². The normalized spacial score (nSPS) is 15.2. The Morgan fingerprint density at radius 2 is 1.50 bits per heavy atom. The van der Waals surface area contributed by atoms with Gasteiger partial charge in [0.15, 0.2) is 5.82 Å². The number of hydrogen-bond donors (Lipinski definition) is 1. The number of rotatable bonds is 12. The Morgan fingerprint density at radius 1 is 0.886 bits per heavy atom.